The van der Waals surface area contributed by atoms with Crippen LogP contribution in [0.15, 0.2) is 0 Å². The zero-order valence-electron chi connectivity index (χ0n) is 15.1. The second kappa shape index (κ2) is 8.67. The Morgan fingerprint density at radius 1 is 0.286 bits per heavy atom. The van der Waals surface area contributed by atoms with Crippen molar-refractivity contribution >= 4 is 242 Å². The average Bonchev–Trinajstić information content (AvgIpc) is 2.68. The van der Waals surface area contributed by atoms with Gasteiger partial charge in [-0.2, -0.15) is 0 Å². The number of fused-ring (bicyclic) bond motifs is 7. The van der Waals surface area contributed by atoms with Crippen molar-refractivity contribution in [1.29, 1.82) is 0 Å². The quantitative estimate of drug-likeness (QED) is 0.212. The van der Waals surface area contributed by atoms with E-state index in [0.29, 0.717) is 0 Å². The zero-order chi connectivity index (χ0) is 18.0. The van der Waals surface area contributed by atoms with Gasteiger partial charge in [0.1, 0.15) is 0 Å². The van der Waals surface area contributed by atoms with Crippen LogP contribution in [0.2, 0.25) is 0 Å². The molecule has 0 nitrogen and oxygen atoms in total. The minimum absolute atomic E-state index is 0.0893. The van der Waals surface area contributed by atoms with Gasteiger partial charge >= 0.3 is 242 Å². The molecule has 0 fully saturated rings. The Labute approximate surface area is 236 Å². The van der Waals surface area contributed by atoms with E-state index < -0.39 is 97.4 Å². The molecule has 0 aliphatic carbocycles. The first kappa shape index (κ1) is 21.8. The molecule has 0 spiro atoms. The molecule has 0 atom stereocenters. The van der Waals surface area contributed by atoms with Crippen LogP contribution in [0.3, 0.4) is 0 Å². The first-order valence-electron chi connectivity index (χ1n) is 9.83. The molecule has 28 heavy (non-hydrogen) atoms. The van der Waals surface area contributed by atoms with E-state index in [2.05, 4.69) is 39.9 Å². The van der Waals surface area contributed by atoms with Gasteiger partial charge in [0.25, 0.3) is 0 Å². The third kappa shape index (κ3) is 3.74. The summed E-state index contributed by atoms with van der Waals surface area (Å²) >= 11 is -4.96. The monoisotopic (exact) mass is 1220 g/mol. The molecule has 0 unspecified atom stereocenters. The molecule has 0 saturated heterocycles. The summed E-state index contributed by atoms with van der Waals surface area (Å²) in [5, 5.41) is 0. The molecule has 7 aliphatic rings. The molecule has 14 heteroatoms. The molecule has 0 aromatic carbocycles. The van der Waals surface area contributed by atoms with Gasteiger partial charge in [0.05, 0.1) is 0 Å². The standard InChI is InChI=1S/C14H14Ge14/c1-22-2-24-4-26-6-28-7-27-5-25-3-23(1)9-15-8(22)16-10(24)18-12(26)20-14(28)21-13(27)19-11(25)17-9/h1-7,15-21H. The number of rotatable bonds is 0. The minimum atomic E-state index is -0.797. The van der Waals surface area contributed by atoms with Crippen molar-refractivity contribution in [3.63, 3.8) is 0 Å². The molecule has 7 heterocycles. The van der Waals surface area contributed by atoms with Crippen LogP contribution in [-0.4, -0.2) is 242 Å². The van der Waals surface area contributed by atoms with Crippen molar-refractivity contribution < 1.29 is 0 Å². The van der Waals surface area contributed by atoms with Gasteiger partial charge in [0, 0.05) is 0 Å². The fourth-order valence-corrected chi connectivity index (χ4v) is 440. The Morgan fingerprint density at radius 2 is 0.429 bits per heavy atom. The summed E-state index contributed by atoms with van der Waals surface area (Å²) in [7, 11) is 0. The summed E-state index contributed by atoms with van der Waals surface area (Å²) in [6, 6.07) is 0. The molecular formula is C14H14Ge14. The molecule has 0 saturated carbocycles. The van der Waals surface area contributed by atoms with Crippen LogP contribution in [0.4, 0.5) is 0 Å². The summed E-state index contributed by atoms with van der Waals surface area (Å²) in [5.74, 6) is 0. The molecular weight excluding hydrogens is 1180 g/mol. The van der Waals surface area contributed by atoms with Crippen LogP contribution < -0.4 is 0 Å². The van der Waals surface area contributed by atoms with E-state index in [1.165, 1.54) is 0 Å². The van der Waals surface area contributed by atoms with Gasteiger partial charge < -0.3 is 0 Å². The molecule has 7 aliphatic heterocycles. The van der Waals surface area contributed by atoms with E-state index in [-0.39, 0.29) is 105 Å². The number of hydrogen-bond donors (Lipinski definition) is 0. The summed E-state index contributed by atoms with van der Waals surface area (Å²) in [4.78, 5) is 0. The molecule has 0 amide bonds. The van der Waals surface area contributed by atoms with Gasteiger partial charge in [-0.05, 0) is 0 Å². The van der Waals surface area contributed by atoms with Crippen LogP contribution in [0.1, 0.15) is 0 Å². The Morgan fingerprint density at radius 3 is 0.571 bits per heavy atom. The second-order valence-electron chi connectivity index (χ2n) is 8.40. The Balaban J connectivity index is 1.56. The molecule has 0 N–H and O–H groups in total. The van der Waals surface area contributed by atoms with Crippen LogP contribution >= 0.6 is 0 Å². The SMILES string of the molecule is [CH]1=[Ge]2[CH]=[Ge]3[CH]=[Ge]4[CH]=[Ge]5[CH]=[Ge]6[CH]=[Ge]7[CH]=[Ge]1[C]1=[GeH][C]7=[GeH][C]6=[GeH][C]5=[GeH][C]4=[GeH][C]3=[GeH][C]2=[GeH]1. The van der Waals surface area contributed by atoms with Gasteiger partial charge in [-0.3, -0.25) is 0 Å². The Bertz CT molecular complexity index is 1000. The van der Waals surface area contributed by atoms with E-state index in [1.54, 1.807) is 0 Å². The van der Waals surface area contributed by atoms with E-state index in [4.69, 9.17) is 0 Å². The van der Waals surface area contributed by atoms with Crippen molar-refractivity contribution in [2.45, 2.75) is 0 Å². The molecule has 0 radical (unpaired) electrons. The maximum absolute atomic E-state index is 3.36. The van der Waals surface area contributed by atoms with Gasteiger partial charge in [0.15, 0.2) is 0 Å². The van der Waals surface area contributed by atoms with Gasteiger partial charge in [0.2, 0.25) is 0 Å². The number of hydrogen-bond acceptors (Lipinski definition) is 0. The van der Waals surface area contributed by atoms with Crippen molar-refractivity contribution in [2.75, 3.05) is 0 Å². The molecule has 0 aromatic heterocycles. The van der Waals surface area contributed by atoms with E-state index in [1.807, 2.05) is 0 Å². The summed E-state index contributed by atoms with van der Waals surface area (Å²) in [5.41, 5.74) is 0. The molecule has 7 rings (SSSR count). The topological polar surface area (TPSA) is 0 Å². The molecule has 0 bridgehead atoms. The fourth-order valence-electron chi connectivity index (χ4n) is 5.26. The maximum atomic E-state index is 3.36. The normalized spacial score (nSPS) is 26.0. The van der Waals surface area contributed by atoms with Crippen LogP contribution in [0, 0.1) is 0 Å². The van der Waals surface area contributed by atoms with Crippen LogP contribution in [0.25, 0.3) is 0 Å². The fraction of sp³-hybridized carbons (Fsp3) is 0. The van der Waals surface area contributed by atoms with E-state index >= 15 is 0 Å². The summed E-state index contributed by atoms with van der Waals surface area (Å²) in [6.07, 6.45) is 0. The zero-order valence-corrected chi connectivity index (χ0v) is 46.7. The van der Waals surface area contributed by atoms with Gasteiger partial charge in [-0.25, -0.2) is 0 Å². The first-order chi connectivity index (χ1) is 13.8. The van der Waals surface area contributed by atoms with Crippen molar-refractivity contribution in [1.82, 2.24) is 0 Å². The summed E-state index contributed by atoms with van der Waals surface area (Å²) < 4.78 is 41.4. The average molecular weight is 1200 g/mol. The van der Waals surface area contributed by atoms with Gasteiger partial charge in [-0.15, -0.1) is 0 Å². The van der Waals surface area contributed by atoms with Gasteiger partial charge in [-0.1, -0.05) is 0 Å². The second-order valence-corrected chi connectivity index (χ2v) is 135. The Kier molecular flexibility index (Phi) is 6.76. The third-order valence-corrected chi connectivity index (χ3v) is 181. The van der Waals surface area contributed by atoms with Crippen LogP contribution in [-0.2, 0) is 0 Å². The first-order valence-corrected chi connectivity index (χ1v) is 51.1. The van der Waals surface area contributed by atoms with E-state index in [0.717, 1.165) is 0 Å². The predicted octanol–water partition coefficient (Wildman–Crippen LogP) is -10.2. The summed E-state index contributed by atoms with van der Waals surface area (Å²) in [6.45, 7) is 0. The molecule has 0 aromatic rings. The predicted molar refractivity (Wildman–Crippen MR) is 168 cm³/mol. The molecule has 126 valence electrons. The Hall–Kier alpha value is 5.78. The van der Waals surface area contributed by atoms with Crippen molar-refractivity contribution in [3.8, 4) is 0 Å². The van der Waals surface area contributed by atoms with Crippen molar-refractivity contribution in [2.24, 2.45) is 0 Å². The van der Waals surface area contributed by atoms with E-state index in [9.17, 15) is 0 Å². The van der Waals surface area contributed by atoms with Crippen molar-refractivity contribution in [3.05, 3.63) is 0 Å². The third-order valence-electron chi connectivity index (χ3n) is 6.69. The van der Waals surface area contributed by atoms with Crippen LogP contribution in [0.5, 0.6) is 0 Å².